The molecular formula is C17H17BO. The monoisotopic (exact) mass is 248 g/mol. The highest BCUT2D eigenvalue weighted by Crippen LogP contribution is 2.16. The van der Waals surface area contributed by atoms with E-state index in [1.54, 1.807) is 0 Å². The predicted octanol–water partition coefficient (Wildman–Crippen LogP) is 3.00. The van der Waals surface area contributed by atoms with Crippen LogP contribution >= 0.6 is 0 Å². The van der Waals surface area contributed by atoms with E-state index < -0.39 is 0 Å². The minimum Gasteiger partial charge on any atom is -0.294 e. The molecular weight excluding hydrogens is 231 g/mol. The Morgan fingerprint density at radius 2 is 1.95 bits per heavy atom. The second-order valence-corrected chi connectivity index (χ2v) is 5.44. The fourth-order valence-corrected chi connectivity index (χ4v) is 2.88. The minimum atomic E-state index is 0.200. The van der Waals surface area contributed by atoms with E-state index in [1.807, 2.05) is 30.3 Å². The molecule has 0 radical (unpaired) electrons. The van der Waals surface area contributed by atoms with Crippen LogP contribution in [0.5, 0.6) is 0 Å². The molecule has 0 aromatic heterocycles. The number of carbonyl (C=O) groups excluding carboxylic acids is 1. The Bertz CT molecular complexity index is 604. The van der Waals surface area contributed by atoms with E-state index in [4.69, 9.17) is 0 Å². The van der Waals surface area contributed by atoms with Crippen molar-refractivity contribution < 1.29 is 4.79 Å². The van der Waals surface area contributed by atoms with Crippen LogP contribution in [0.25, 0.3) is 0 Å². The molecule has 2 heteroatoms. The normalized spacial score (nSPS) is 13.4. The third-order valence-electron chi connectivity index (χ3n) is 4.05. The largest absolute Gasteiger partial charge is 0.294 e. The van der Waals surface area contributed by atoms with Gasteiger partial charge in [-0.15, -0.1) is 0 Å². The zero-order valence-electron chi connectivity index (χ0n) is 11.2. The van der Waals surface area contributed by atoms with Crippen LogP contribution in [0.4, 0.5) is 0 Å². The lowest BCUT2D eigenvalue weighted by Gasteiger charge is -2.07. The van der Waals surface area contributed by atoms with Gasteiger partial charge in [0.15, 0.2) is 12.5 Å². The van der Waals surface area contributed by atoms with Gasteiger partial charge in [0.05, 0.1) is 0 Å². The molecule has 1 heterocycles. The third kappa shape index (κ3) is 2.48. The summed E-state index contributed by atoms with van der Waals surface area (Å²) in [4.78, 5) is 12.2. The molecule has 0 atom stereocenters. The van der Waals surface area contributed by atoms with Crippen molar-refractivity contribution in [2.24, 2.45) is 0 Å². The molecule has 0 bridgehead atoms. The number of Topliss-reactive ketones (excluding diaryl/α,β-unsaturated/α-hetero) is 1. The number of ketones is 1. The van der Waals surface area contributed by atoms with Gasteiger partial charge < -0.3 is 0 Å². The first kappa shape index (κ1) is 12.2. The average Bonchev–Trinajstić information content (AvgIpc) is 2.81. The van der Waals surface area contributed by atoms with Crippen molar-refractivity contribution in [3.05, 3.63) is 65.2 Å². The molecule has 2 aromatic rings. The molecule has 19 heavy (non-hydrogen) atoms. The average molecular weight is 248 g/mol. The fraction of sp³-hybridized carbons (Fsp3) is 0.235. The van der Waals surface area contributed by atoms with E-state index in [0.29, 0.717) is 13.1 Å². The topological polar surface area (TPSA) is 17.1 Å². The standard InChI is InChI=1S/C17H17BO/c1-18-10-9-14-8-7-13(11-16(14)18)12-17(19)15-5-3-2-4-6-15/h2-8,11H,9-10,12H2,1H3. The van der Waals surface area contributed by atoms with Crippen molar-refractivity contribution >= 4 is 18.0 Å². The summed E-state index contributed by atoms with van der Waals surface area (Å²) >= 11 is 0. The van der Waals surface area contributed by atoms with Gasteiger partial charge in [-0.2, -0.15) is 0 Å². The summed E-state index contributed by atoms with van der Waals surface area (Å²) in [6.45, 7) is 2.91. The minimum absolute atomic E-state index is 0.200. The van der Waals surface area contributed by atoms with Crippen LogP contribution < -0.4 is 5.46 Å². The molecule has 0 saturated heterocycles. The Labute approximate surface area is 114 Å². The van der Waals surface area contributed by atoms with Gasteiger partial charge in [0.25, 0.3) is 0 Å². The molecule has 2 aromatic carbocycles. The van der Waals surface area contributed by atoms with E-state index in [9.17, 15) is 4.79 Å². The first-order valence-corrected chi connectivity index (χ1v) is 6.94. The number of benzene rings is 2. The van der Waals surface area contributed by atoms with Crippen LogP contribution in [0.2, 0.25) is 13.1 Å². The number of hydrogen-bond acceptors (Lipinski definition) is 1. The summed E-state index contributed by atoms with van der Waals surface area (Å²) in [7, 11) is 0. The molecule has 0 fully saturated rings. The van der Waals surface area contributed by atoms with E-state index in [-0.39, 0.29) is 5.78 Å². The zero-order chi connectivity index (χ0) is 13.2. The van der Waals surface area contributed by atoms with Gasteiger partial charge in [-0.05, 0) is 12.0 Å². The smallest absolute Gasteiger partial charge is 0.173 e. The van der Waals surface area contributed by atoms with Crippen molar-refractivity contribution in [3.8, 4) is 0 Å². The Morgan fingerprint density at radius 3 is 2.74 bits per heavy atom. The summed E-state index contributed by atoms with van der Waals surface area (Å²) in [6.07, 6.45) is 2.93. The van der Waals surface area contributed by atoms with Crippen molar-refractivity contribution in [1.82, 2.24) is 0 Å². The SMILES string of the molecule is CB1CCc2ccc(CC(=O)c3ccccc3)cc21. The fourth-order valence-electron chi connectivity index (χ4n) is 2.88. The Balaban J connectivity index is 1.81. The highest BCUT2D eigenvalue weighted by molar-refractivity contribution is 6.73. The second-order valence-electron chi connectivity index (χ2n) is 5.44. The van der Waals surface area contributed by atoms with Crippen LogP contribution in [0.1, 0.15) is 21.5 Å². The third-order valence-corrected chi connectivity index (χ3v) is 4.05. The molecule has 0 unspecified atom stereocenters. The van der Waals surface area contributed by atoms with Gasteiger partial charge in [0.2, 0.25) is 0 Å². The van der Waals surface area contributed by atoms with Crippen LogP contribution in [0, 0.1) is 0 Å². The van der Waals surface area contributed by atoms with E-state index in [1.165, 1.54) is 23.8 Å². The molecule has 1 aliphatic rings. The van der Waals surface area contributed by atoms with Crippen molar-refractivity contribution in [2.45, 2.75) is 26.0 Å². The van der Waals surface area contributed by atoms with Crippen molar-refractivity contribution in [2.75, 3.05) is 0 Å². The van der Waals surface area contributed by atoms with E-state index in [2.05, 4.69) is 25.0 Å². The molecule has 0 N–H and O–H groups in total. The van der Waals surface area contributed by atoms with Crippen LogP contribution in [0.15, 0.2) is 48.5 Å². The van der Waals surface area contributed by atoms with Gasteiger partial charge >= 0.3 is 0 Å². The quantitative estimate of drug-likeness (QED) is 0.602. The van der Waals surface area contributed by atoms with Gasteiger partial charge in [-0.3, -0.25) is 4.79 Å². The number of fused-ring (bicyclic) bond motifs is 1. The maximum atomic E-state index is 12.2. The first-order chi connectivity index (χ1) is 9.24. The lowest BCUT2D eigenvalue weighted by atomic mass is 9.48. The van der Waals surface area contributed by atoms with Gasteiger partial charge in [-0.25, -0.2) is 0 Å². The molecule has 1 aliphatic heterocycles. The molecule has 1 nitrogen and oxygen atoms in total. The van der Waals surface area contributed by atoms with Crippen molar-refractivity contribution in [3.63, 3.8) is 0 Å². The summed E-state index contributed by atoms with van der Waals surface area (Å²) in [5.74, 6) is 0.200. The lowest BCUT2D eigenvalue weighted by Crippen LogP contribution is -2.23. The number of carbonyl (C=O) groups is 1. The molecule has 0 amide bonds. The summed E-state index contributed by atoms with van der Waals surface area (Å²) in [5.41, 5.74) is 4.85. The summed E-state index contributed by atoms with van der Waals surface area (Å²) in [5, 5.41) is 0. The maximum absolute atomic E-state index is 12.2. The number of hydrogen-bond donors (Lipinski definition) is 0. The van der Waals surface area contributed by atoms with Gasteiger partial charge in [0, 0.05) is 12.0 Å². The second kappa shape index (κ2) is 5.04. The maximum Gasteiger partial charge on any atom is 0.173 e. The van der Waals surface area contributed by atoms with Crippen LogP contribution in [0.3, 0.4) is 0 Å². The highest BCUT2D eigenvalue weighted by Gasteiger charge is 2.21. The van der Waals surface area contributed by atoms with Crippen LogP contribution in [-0.4, -0.2) is 12.5 Å². The van der Waals surface area contributed by atoms with Crippen LogP contribution in [-0.2, 0) is 12.8 Å². The van der Waals surface area contributed by atoms with E-state index >= 15 is 0 Å². The first-order valence-electron chi connectivity index (χ1n) is 6.94. The molecule has 94 valence electrons. The number of aryl methyl sites for hydroxylation is 1. The lowest BCUT2D eigenvalue weighted by molar-refractivity contribution is 0.0993. The Kier molecular flexibility index (Phi) is 3.24. The highest BCUT2D eigenvalue weighted by atomic mass is 16.1. The zero-order valence-corrected chi connectivity index (χ0v) is 11.2. The van der Waals surface area contributed by atoms with Gasteiger partial charge in [0.1, 0.15) is 0 Å². The molecule has 0 spiro atoms. The Morgan fingerprint density at radius 1 is 1.16 bits per heavy atom. The number of rotatable bonds is 3. The van der Waals surface area contributed by atoms with Crippen molar-refractivity contribution in [1.29, 1.82) is 0 Å². The van der Waals surface area contributed by atoms with E-state index in [0.717, 1.165) is 11.1 Å². The van der Waals surface area contributed by atoms with Gasteiger partial charge in [-0.1, -0.05) is 72.7 Å². The summed E-state index contributed by atoms with van der Waals surface area (Å²) in [6, 6.07) is 16.1. The predicted molar refractivity (Wildman–Crippen MR) is 80.7 cm³/mol. The molecule has 0 saturated carbocycles. The molecule has 3 rings (SSSR count). The Hall–Kier alpha value is -1.83. The molecule has 0 aliphatic carbocycles. The summed E-state index contributed by atoms with van der Waals surface area (Å²) < 4.78 is 0.